The Hall–Kier alpha value is -2.63. The van der Waals surface area contributed by atoms with E-state index in [1.54, 1.807) is 25.1 Å². The number of amides is 1. The summed E-state index contributed by atoms with van der Waals surface area (Å²) in [5.41, 5.74) is 5.96. The zero-order chi connectivity index (χ0) is 14.6. The average molecular weight is 263 g/mol. The highest BCUT2D eigenvalue weighted by Gasteiger charge is 2.05. The molecule has 0 bridgehead atoms. The van der Waals surface area contributed by atoms with Gasteiger partial charge in [0.1, 0.15) is 5.58 Å². The lowest BCUT2D eigenvalue weighted by molar-refractivity contribution is -0.134. The summed E-state index contributed by atoms with van der Waals surface area (Å²) < 4.78 is 5.02. The fourth-order valence-corrected chi connectivity index (χ4v) is 1.37. The number of carbonyl (C=O) groups excluding carboxylic acids is 1. The summed E-state index contributed by atoms with van der Waals surface area (Å²) in [5.74, 6) is -1.37. The van der Waals surface area contributed by atoms with Gasteiger partial charge in [-0.2, -0.15) is 0 Å². The van der Waals surface area contributed by atoms with Crippen LogP contribution >= 0.6 is 0 Å². The number of carboxylic acids is 1. The van der Waals surface area contributed by atoms with Crippen LogP contribution in [0, 0.1) is 6.92 Å². The highest BCUT2D eigenvalue weighted by Crippen LogP contribution is 2.14. The first-order valence-corrected chi connectivity index (χ1v) is 5.35. The first-order valence-electron chi connectivity index (χ1n) is 5.35. The quantitative estimate of drug-likeness (QED) is 0.753. The van der Waals surface area contributed by atoms with E-state index in [2.05, 4.69) is 0 Å². The molecule has 1 heterocycles. The van der Waals surface area contributed by atoms with E-state index >= 15 is 0 Å². The van der Waals surface area contributed by atoms with Gasteiger partial charge in [-0.05, 0) is 25.1 Å². The van der Waals surface area contributed by atoms with E-state index in [-0.39, 0.29) is 0 Å². The van der Waals surface area contributed by atoms with E-state index in [0.29, 0.717) is 16.7 Å². The van der Waals surface area contributed by atoms with Crippen molar-refractivity contribution in [3.05, 3.63) is 45.8 Å². The summed E-state index contributed by atoms with van der Waals surface area (Å²) in [6.07, 6.45) is 0. The van der Waals surface area contributed by atoms with Gasteiger partial charge in [0.25, 0.3) is 5.97 Å². The van der Waals surface area contributed by atoms with Crippen LogP contribution in [0.2, 0.25) is 0 Å². The van der Waals surface area contributed by atoms with Crippen molar-refractivity contribution in [2.45, 2.75) is 13.8 Å². The monoisotopic (exact) mass is 263 g/mol. The maximum Gasteiger partial charge on any atom is 0.339 e. The molecular formula is C13H13NO5. The number of carbonyl (C=O) groups is 2. The van der Waals surface area contributed by atoms with Crippen LogP contribution in [0.1, 0.15) is 22.8 Å². The van der Waals surface area contributed by atoms with Crippen molar-refractivity contribution < 1.29 is 19.1 Å². The minimum absolute atomic E-state index is 0.328. The Bertz CT molecular complexity index is 683. The molecule has 6 nitrogen and oxygen atoms in total. The van der Waals surface area contributed by atoms with Gasteiger partial charge < -0.3 is 15.3 Å². The largest absolute Gasteiger partial charge is 0.481 e. The molecule has 19 heavy (non-hydrogen) atoms. The fourth-order valence-electron chi connectivity index (χ4n) is 1.37. The van der Waals surface area contributed by atoms with Gasteiger partial charge in [-0.25, -0.2) is 4.79 Å². The Balaban J connectivity index is 0.000000399. The molecule has 0 spiro atoms. The highest BCUT2D eigenvalue weighted by atomic mass is 16.4. The molecule has 0 fully saturated rings. The number of primary amides is 1. The molecule has 1 amide bonds. The lowest BCUT2D eigenvalue weighted by atomic mass is 10.1. The van der Waals surface area contributed by atoms with E-state index < -0.39 is 17.5 Å². The van der Waals surface area contributed by atoms with E-state index in [4.69, 9.17) is 20.1 Å². The Labute approximate surface area is 108 Å². The molecule has 3 N–H and O–H groups in total. The van der Waals surface area contributed by atoms with Gasteiger partial charge in [0.15, 0.2) is 0 Å². The molecule has 1 aromatic heterocycles. The summed E-state index contributed by atoms with van der Waals surface area (Å²) in [6, 6.07) is 6.49. The average Bonchev–Trinajstić information content (AvgIpc) is 2.29. The summed E-state index contributed by atoms with van der Waals surface area (Å²) in [7, 11) is 0. The van der Waals surface area contributed by atoms with Gasteiger partial charge in [-0.1, -0.05) is 6.07 Å². The molecule has 2 aromatic rings. The van der Waals surface area contributed by atoms with Crippen LogP contribution in [-0.4, -0.2) is 17.0 Å². The predicted molar refractivity (Wildman–Crippen MR) is 69.0 cm³/mol. The Morgan fingerprint density at radius 2 is 1.84 bits per heavy atom. The van der Waals surface area contributed by atoms with Crippen LogP contribution in [0.15, 0.2) is 33.5 Å². The number of hydrogen-bond donors (Lipinski definition) is 2. The van der Waals surface area contributed by atoms with Gasteiger partial charge >= 0.3 is 5.63 Å². The van der Waals surface area contributed by atoms with E-state index in [1.807, 2.05) is 0 Å². The lowest BCUT2D eigenvalue weighted by Gasteiger charge is -1.99. The van der Waals surface area contributed by atoms with E-state index in [0.717, 1.165) is 12.3 Å². The molecule has 0 atom stereocenters. The van der Waals surface area contributed by atoms with Crippen molar-refractivity contribution in [3.63, 3.8) is 0 Å². The Kier molecular flexibility index (Phi) is 4.41. The second-order valence-corrected chi connectivity index (χ2v) is 3.85. The number of aliphatic carboxylic acids is 1. The molecule has 0 saturated carbocycles. The second kappa shape index (κ2) is 5.81. The fraction of sp³-hybridized carbons (Fsp3) is 0.154. The number of benzene rings is 1. The number of rotatable bonds is 1. The zero-order valence-corrected chi connectivity index (χ0v) is 10.5. The summed E-state index contributed by atoms with van der Waals surface area (Å²) >= 11 is 0. The SMILES string of the molecule is CC(=O)O.Cc1cc2ccc(C(N)=O)cc2oc1=O. The molecule has 0 unspecified atom stereocenters. The third-order valence-electron chi connectivity index (χ3n) is 2.19. The first-order chi connectivity index (χ1) is 8.81. The normalized spacial score (nSPS) is 9.58. The number of fused-ring (bicyclic) bond motifs is 1. The molecule has 0 aliphatic rings. The Morgan fingerprint density at radius 1 is 1.26 bits per heavy atom. The summed E-state index contributed by atoms with van der Waals surface area (Å²) in [4.78, 5) is 31.1. The van der Waals surface area contributed by atoms with Gasteiger partial charge in [-0.15, -0.1) is 0 Å². The van der Waals surface area contributed by atoms with Crippen molar-refractivity contribution in [2.75, 3.05) is 0 Å². The maximum absolute atomic E-state index is 11.2. The number of carboxylic acid groups (broad SMARTS) is 1. The van der Waals surface area contributed by atoms with Gasteiger partial charge in [0.05, 0.1) is 0 Å². The standard InChI is InChI=1S/C11H9NO3.C2H4O2/c1-6-4-7-2-3-8(10(12)13)5-9(7)15-11(6)14;1-2(3)4/h2-5H,1H3,(H2,12,13);1H3,(H,3,4). The molecule has 1 aromatic carbocycles. The third-order valence-corrected chi connectivity index (χ3v) is 2.19. The smallest absolute Gasteiger partial charge is 0.339 e. The molecule has 0 aliphatic carbocycles. The third kappa shape index (κ3) is 3.95. The number of aryl methyl sites for hydroxylation is 1. The zero-order valence-electron chi connectivity index (χ0n) is 10.5. The molecule has 0 aliphatic heterocycles. The van der Waals surface area contributed by atoms with Crippen molar-refractivity contribution in [2.24, 2.45) is 5.73 Å². The second-order valence-electron chi connectivity index (χ2n) is 3.85. The molecule has 6 heteroatoms. The van der Waals surface area contributed by atoms with Crippen LogP contribution in [0.4, 0.5) is 0 Å². The van der Waals surface area contributed by atoms with Crippen LogP contribution in [-0.2, 0) is 4.79 Å². The molecule has 2 rings (SSSR count). The molecular weight excluding hydrogens is 250 g/mol. The van der Waals surface area contributed by atoms with E-state index in [9.17, 15) is 9.59 Å². The van der Waals surface area contributed by atoms with Crippen LogP contribution < -0.4 is 11.4 Å². The van der Waals surface area contributed by atoms with Crippen molar-refractivity contribution in [3.8, 4) is 0 Å². The maximum atomic E-state index is 11.2. The summed E-state index contributed by atoms with van der Waals surface area (Å²) in [5, 5.41) is 8.19. The van der Waals surface area contributed by atoms with Crippen LogP contribution in [0.25, 0.3) is 11.0 Å². The predicted octanol–water partition coefficient (Wildman–Crippen LogP) is 1.29. The lowest BCUT2D eigenvalue weighted by Crippen LogP contribution is -2.11. The summed E-state index contributed by atoms with van der Waals surface area (Å²) in [6.45, 7) is 2.76. The molecule has 100 valence electrons. The number of hydrogen-bond acceptors (Lipinski definition) is 4. The highest BCUT2D eigenvalue weighted by molar-refractivity contribution is 5.96. The van der Waals surface area contributed by atoms with Crippen molar-refractivity contribution in [1.82, 2.24) is 0 Å². The molecule has 0 radical (unpaired) electrons. The van der Waals surface area contributed by atoms with Gasteiger partial charge in [0.2, 0.25) is 5.91 Å². The topological polar surface area (TPSA) is 111 Å². The van der Waals surface area contributed by atoms with Crippen molar-refractivity contribution >= 4 is 22.8 Å². The van der Waals surface area contributed by atoms with Gasteiger partial charge in [0, 0.05) is 23.4 Å². The first kappa shape index (κ1) is 14.4. The minimum Gasteiger partial charge on any atom is -0.481 e. The van der Waals surface area contributed by atoms with Gasteiger partial charge in [-0.3, -0.25) is 9.59 Å². The number of nitrogens with two attached hydrogens (primary N) is 1. The molecule has 0 saturated heterocycles. The minimum atomic E-state index is -0.833. The van der Waals surface area contributed by atoms with Crippen LogP contribution in [0.3, 0.4) is 0 Å². The van der Waals surface area contributed by atoms with Crippen molar-refractivity contribution in [1.29, 1.82) is 0 Å². The Morgan fingerprint density at radius 3 is 2.37 bits per heavy atom. The van der Waals surface area contributed by atoms with Crippen LogP contribution in [0.5, 0.6) is 0 Å². The van der Waals surface area contributed by atoms with E-state index in [1.165, 1.54) is 6.07 Å².